The summed E-state index contributed by atoms with van der Waals surface area (Å²) in [4.78, 5) is 0. The van der Waals surface area contributed by atoms with Gasteiger partial charge in [-0.25, -0.2) is 0 Å². The fraction of sp³-hybridized carbons (Fsp3) is 1.00. The molecule has 1 N–H and O–H groups in total. The Morgan fingerprint density at radius 1 is 1.40 bits per heavy atom. The van der Waals surface area contributed by atoms with Crippen LogP contribution in [0.4, 0.5) is 0 Å². The fourth-order valence-electron chi connectivity index (χ4n) is 0.466. The Balaban J connectivity index is 4.23. The third-order valence-corrected chi connectivity index (χ3v) is 4.65. The van der Waals surface area contributed by atoms with Gasteiger partial charge >= 0.3 is 0 Å². The largest absolute Gasteiger partial charge is 0.488 e. The number of aliphatic hydroxyl groups is 1. The second-order valence-corrected chi connectivity index (χ2v) is 9.01. The summed E-state index contributed by atoms with van der Waals surface area (Å²) < 4.78 is -0.0378. The number of hydrogen-bond acceptors (Lipinski definition) is 1. The van der Waals surface area contributed by atoms with Crippen LogP contribution in [0.3, 0.4) is 0 Å². The first-order valence-corrected chi connectivity index (χ1v) is 5.51. The van der Waals surface area contributed by atoms with Crippen molar-refractivity contribution in [1.82, 2.24) is 0 Å². The van der Waals surface area contributed by atoms with Crippen LogP contribution in [0.15, 0.2) is 0 Å². The van der Waals surface area contributed by atoms with Crippen molar-refractivity contribution >= 4 is 54.4 Å². The van der Waals surface area contributed by atoms with E-state index in [1.807, 2.05) is 66.3 Å². The van der Waals surface area contributed by atoms with Crippen molar-refractivity contribution in [2.75, 3.05) is 21.1 Å². The molecule has 62 valence electrons. The maximum atomic E-state index is 9.53. The van der Waals surface area contributed by atoms with Gasteiger partial charge in [0.05, 0.1) is 21.1 Å². The molecule has 0 fully saturated rings. The normalized spacial score (nSPS) is 17.1. The highest BCUT2D eigenvalue weighted by Gasteiger charge is 2.30. The number of likely N-dealkylation sites (N-methyl/N-ethyl adjacent to an activating group) is 1. The number of quaternary nitrogens is 1. The van der Waals surface area contributed by atoms with Crippen LogP contribution in [0, 0.1) is 0 Å². The molecule has 0 aliphatic rings. The number of halogens is 2. The van der Waals surface area contributed by atoms with E-state index in [9.17, 15) is 5.11 Å². The van der Waals surface area contributed by atoms with Crippen LogP contribution < -0.4 is 0 Å². The van der Waals surface area contributed by atoms with Crippen LogP contribution in [0.1, 0.15) is 0 Å². The van der Waals surface area contributed by atoms with Gasteiger partial charge in [-0.05, 0) is 45.2 Å². The molecule has 0 aliphatic heterocycles. The third kappa shape index (κ3) is 3.99. The summed E-state index contributed by atoms with van der Waals surface area (Å²) in [5, 5.41) is 9.53. The van der Waals surface area contributed by atoms with Crippen LogP contribution in [0.2, 0.25) is 0 Å². The Hall–Kier alpha value is 1.81. The van der Waals surface area contributed by atoms with Crippen LogP contribution in [-0.2, 0) is 0 Å². The Morgan fingerprint density at radius 2 is 1.70 bits per heavy atom. The Labute approximate surface area is 91.8 Å². The lowest BCUT2D eigenvalue weighted by molar-refractivity contribution is -0.882. The van der Waals surface area contributed by atoms with Gasteiger partial charge in [-0.15, -0.1) is 0 Å². The minimum atomic E-state index is -0.731. The van der Waals surface area contributed by atoms with Gasteiger partial charge < -0.3 is 18.8 Å². The molecule has 0 heterocycles. The van der Waals surface area contributed by atoms with Gasteiger partial charge in [0.25, 0.3) is 0 Å². The zero-order valence-corrected chi connectivity index (χ0v) is 11.5. The molecule has 1 unspecified atom stereocenters. The first kappa shape index (κ1) is 11.8. The van der Waals surface area contributed by atoms with Crippen LogP contribution in [0.25, 0.3) is 0 Å². The molecule has 0 rings (SSSR count). The molecule has 10 heavy (non-hydrogen) atoms. The summed E-state index contributed by atoms with van der Waals surface area (Å²) in [6.07, 6.45) is 0. The lowest BCUT2D eigenvalue weighted by Crippen LogP contribution is -2.49. The lowest BCUT2D eigenvalue weighted by Gasteiger charge is -2.42. The molecule has 0 aromatic rings. The molecule has 0 aromatic carbocycles. The highest BCUT2D eigenvalue weighted by Crippen LogP contribution is 2.36. The van der Waals surface area contributed by atoms with Gasteiger partial charge in [-0.1, -0.05) is 0 Å². The van der Waals surface area contributed by atoms with Gasteiger partial charge in [0.15, 0.2) is 1.61 Å². The molecule has 0 saturated carbocycles. The second kappa shape index (κ2) is 3.68. The molecule has 2 nitrogen and oxygen atoms in total. The van der Waals surface area contributed by atoms with Crippen molar-refractivity contribution in [1.29, 1.82) is 0 Å². The summed E-state index contributed by atoms with van der Waals surface area (Å²) in [6.45, 7) is 0. The quantitative estimate of drug-likeness (QED) is 0.331. The van der Waals surface area contributed by atoms with E-state index in [4.69, 9.17) is 0 Å². The minimum absolute atomic E-state index is 0.0358. The number of rotatable bonds is 2. The maximum absolute atomic E-state index is 9.53. The smallest absolute Gasteiger partial charge is 0.190 e. The Bertz CT molecular complexity index is 104. The monoisotopic (exact) mass is 387 g/mol. The molecule has 1 atom stereocenters. The van der Waals surface area contributed by atoms with Crippen LogP contribution >= 0.6 is 54.4 Å². The number of hydrogen-bond donors (Lipinski definition) is 1. The van der Waals surface area contributed by atoms with E-state index in [-0.39, 0.29) is 5.78 Å². The lowest BCUT2D eigenvalue weighted by atomic mass is 10.5. The summed E-state index contributed by atoms with van der Waals surface area (Å²) in [5.41, 5.74) is 0. The predicted octanol–water partition coefficient (Wildman–Crippen LogP) is 1.68. The van der Waals surface area contributed by atoms with E-state index in [0.29, 0.717) is 4.48 Å². The van der Waals surface area contributed by atoms with Gasteiger partial charge in [0.2, 0.25) is 0 Å². The molecule has 0 bridgehead atoms. The first-order chi connectivity index (χ1) is 4.15. The molecule has 0 saturated heterocycles. The van der Waals surface area contributed by atoms with Crippen molar-refractivity contribution in [2.24, 2.45) is 0 Å². The topological polar surface area (TPSA) is 20.2 Å². The summed E-state index contributed by atoms with van der Waals surface area (Å²) in [5.74, 6) is 0.0358. The molecule has 0 amide bonds. The van der Waals surface area contributed by atoms with Crippen molar-refractivity contribution in [3.8, 4) is 0 Å². The van der Waals surface area contributed by atoms with E-state index in [1.54, 1.807) is 0 Å². The van der Waals surface area contributed by atoms with E-state index >= 15 is 0 Å². The molecule has 0 aliphatic carbocycles. The van der Waals surface area contributed by atoms with Crippen LogP contribution in [0.5, 0.6) is 0 Å². The van der Waals surface area contributed by atoms with E-state index in [0.717, 1.165) is 0 Å². The Kier molecular flexibility index (Phi) is 4.35. The minimum Gasteiger partial charge on any atom is -0.488 e. The molecular weight excluding hydrogens is 375 g/mol. The standard InChI is InChI=1S/C5H12I2NOP/c1-8(2,3)4(10)5(6,7)9/h4,9-10H,1-3H3. The number of nitrogens with zero attached hydrogens (tertiary/aromatic N) is 1. The molecule has 0 aromatic heterocycles. The third-order valence-electron chi connectivity index (χ3n) is 1.10. The van der Waals surface area contributed by atoms with Gasteiger partial charge in [-0.2, -0.15) is 0 Å². The molecule has 0 radical (unpaired) electrons. The maximum Gasteiger partial charge on any atom is 0.190 e. The van der Waals surface area contributed by atoms with Crippen molar-refractivity contribution in [3.05, 3.63) is 0 Å². The predicted molar refractivity (Wildman–Crippen MR) is 63.1 cm³/mol. The summed E-state index contributed by atoms with van der Waals surface area (Å²) in [7, 11) is 9.56. The van der Waals surface area contributed by atoms with Gasteiger partial charge in [0, 0.05) is 5.78 Å². The summed E-state index contributed by atoms with van der Waals surface area (Å²) in [6, 6.07) is 0. The average molecular weight is 387 g/mol. The Morgan fingerprint density at radius 3 is 1.70 bits per heavy atom. The second-order valence-electron chi connectivity index (χ2n) is 3.11. The van der Waals surface area contributed by atoms with Crippen molar-refractivity contribution in [3.63, 3.8) is 0 Å². The van der Waals surface area contributed by atoms with E-state index < -0.39 is 1.61 Å². The fourth-order valence-corrected chi connectivity index (χ4v) is 2.14. The van der Waals surface area contributed by atoms with Crippen molar-refractivity contribution in [2.45, 2.75) is 7.40 Å². The number of alkyl halides is 2. The molecule has 5 heteroatoms. The molecular formula is C5H12I2NOP. The zero-order chi connectivity index (χ0) is 8.58. The van der Waals surface area contributed by atoms with E-state index in [2.05, 4.69) is 9.24 Å². The highest BCUT2D eigenvalue weighted by atomic mass is 127. The van der Waals surface area contributed by atoms with Gasteiger partial charge in [0.1, 0.15) is 0 Å². The average Bonchev–Trinajstić information content (AvgIpc) is 1.59. The van der Waals surface area contributed by atoms with Crippen molar-refractivity contribution < 1.29 is 9.59 Å². The molecule has 0 spiro atoms. The summed E-state index contributed by atoms with van der Waals surface area (Å²) >= 11 is 4.01. The first-order valence-electron chi connectivity index (χ1n) is 2.78. The SMILES string of the molecule is C[N+](C)(C)C([PH-])C(O)(I)I. The van der Waals surface area contributed by atoms with Crippen LogP contribution in [-0.4, -0.2) is 38.1 Å². The van der Waals surface area contributed by atoms with Gasteiger partial charge in [-0.3, -0.25) is 0 Å². The van der Waals surface area contributed by atoms with E-state index in [1.165, 1.54) is 0 Å². The highest BCUT2D eigenvalue weighted by molar-refractivity contribution is 14.2. The zero-order valence-electron chi connectivity index (χ0n) is 6.23.